The Morgan fingerprint density at radius 1 is 1.45 bits per heavy atom. The summed E-state index contributed by atoms with van der Waals surface area (Å²) in [4.78, 5) is 11.9. The Morgan fingerprint density at radius 3 is 2.85 bits per heavy atom. The molecule has 0 radical (unpaired) electrons. The summed E-state index contributed by atoms with van der Waals surface area (Å²) in [6.45, 7) is 3.32. The van der Waals surface area contributed by atoms with Crippen molar-refractivity contribution in [3.05, 3.63) is 29.8 Å². The number of carbonyl (C=O) groups excluding carboxylic acids is 1. The van der Waals surface area contributed by atoms with Gasteiger partial charge in [-0.2, -0.15) is 0 Å². The summed E-state index contributed by atoms with van der Waals surface area (Å²) >= 11 is 0. The maximum absolute atomic E-state index is 11.9. The van der Waals surface area contributed by atoms with Crippen molar-refractivity contribution in [2.24, 2.45) is 5.73 Å². The van der Waals surface area contributed by atoms with Crippen molar-refractivity contribution in [3.8, 4) is 5.75 Å². The molecule has 5 nitrogen and oxygen atoms in total. The molecule has 0 unspecified atom stereocenters. The molecule has 0 spiro atoms. The van der Waals surface area contributed by atoms with Crippen molar-refractivity contribution in [2.75, 3.05) is 19.8 Å². The van der Waals surface area contributed by atoms with E-state index in [0.717, 1.165) is 18.4 Å². The van der Waals surface area contributed by atoms with Gasteiger partial charge in [-0.3, -0.25) is 4.79 Å². The first-order valence-corrected chi connectivity index (χ1v) is 7.01. The van der Waals surface area contributed by atoms with E-state index in [1.54, 1.807) is 0 Å². The van der Waals surface area contributed by atoms with E-state index in [1.165, 1.54) is 0 Å². The number of carbonyl (C=O) groups is 1. The number of nitrogens with one attached hydrogen (secondary N) is 1. The van der Waals surface area contributed by atoms with Crippen molar-refractivity contribution in [2.45, 2.75) is 31.8 Å². The fourth-order valence-electron chi connectivity index (χ4n) is 2.24. The van der Waals surface area contributed by atoms with Crippen molar-refractivity contribution in [1.82, 2.24) is 5.32 Å². The monoisotopic (exact) mass is 278 g/mol. The van der Waals surface area contributed by atoms with E-state index in [1.807, 2.05) is 31.2 Å². The highest BCUT2D eigenvalue weighted by Crippen LogP contribution is 2.22. The third-order valence-corrected chi connectivity index (χ3v) is 3.35. The summed E-state index contributed by atoms with van der Waals surface area (Å²) in [7, 11) is 0. The molecule has 1 saturated heterocycles. The molecule has 1 amide bonds. The molecule has 0 aromatic heterocycles. The lowest BCUT2D eigenvalue weighted by molar-refractivity contribution is -0.124. The summed E-state index contributed by atoms with van der Waals surface area (Å²) in [5.41, 5.74) is 6.78. The van der Waals surface area contributed by atoms with Crippen LogP contribution in [0.15, 0.2) is 24.3 Å². The molecule has 2 rings (SSSR count). The average Bonchev–Trinajstić information content (AvgIpc) is 2.46. The van der Waals surface area contributed by atoms with Gasteiger partial charge in [0.05, 0.1) is 0 Å². The van der Waals surface area contributed by atoms with Crippen LogP contribution in [-0.4, -0.2) is 31.8 Å². The van der Waals surface area contributed by atoms with Gasteiger partial charge in [0.25, 0.3) is 5.91 Å². The molecule has 1 aromatic carbocycles. The minimum Gasteiger partial charge on any atom is -0.483 e. The molecule has 1 fully saturated rings. The number of nitrogens with two attached hydrogens (primary N) is 1. The fourth-order valence-corrected chi connectivity index (χ4v) is 2.24. The summed E-state index contributed by atoms with van der Waals surface area (Å²) < 4.78 is 10.8. The third-order valence-electron chi connectivity index (χ3n) is 3.35. The predicted octanol–water partition coefficient (Wildman–Crippen LogP) is 1.38. The lowest BCUT2D eigenvalue weighted by Gasteiger charge is -2.23. The third kappa shape index (κ3) is 4.21. The number of rotatable bonds is 5. The highest BCUT2D eigenvalue weighted by atomic mass is 16.5. The molecular weight excluding hydrogens is 256 g/mol. The Balaban J connectivity index is 1.83. The van der Waals surface area contributed by atoms with Crippen molar-refractivity contribution in [3.63, 3.8) is 0 Å². The first-order valence-electron chi connectivity index (χ1n) is 7.01. The van der Waals surface area contributed by atoms with Gasteiger partial charge in [0.1, 0.15) is 5.75 Å². The van der Waals surface area contributed by atoms with E-state index >= 15 is 0 Å². The number of ether oxygens (including phenoxy) is 2. The number of benzene rings is 1. The largest absolute Gasteiger partial charge is 0.483 e. The van der Waals surface area contributed by atoms with Crippen LogP contribution in [-0.2, 0) is 9.53 Å². The molecule has 0 aliphatic carbocycles. The number of hydrogen-bond donors (Lipinski definition) is 2. The van der Waals surface area contributed by atoms with Crippen LogP contribution < -0.4 is 15.8 Å². The molecular formula is C15H22N2O3. The lowest BCUT2D eigenvalue weighted by atomic mass is 10.1. The summed E-state index contributed by atoms with van der Waals surface area (Å²) in [5.74, 6) is 0.570. The Bertz CT molecular complexity index is 442. The lowest BCUT2D eigenvalue weighted by Crippen LogP contribution is -2.41. The van der Waals surface area contributed by atoms with Crippen LogP contribution in [0.2, 0.25) is 0 Å². The van der Waals surface area contributed by atoms with E-state index in [-0.39, 0.29) is 24.6 Å². The number of para-hydroxylation sites is 1. The highest BCUT2D eigenvalue weighted by Gasteiger charge is 2.16. The minimum absolute atomic E-state index is 0.0150. The molecule has 0 saturated carbocycles. The smallest absolute Gasteiger partial charge is 0.258 e. The molecule has 5 heteroatoms. The maximum atomic E-state index is 11.9. The van der Waals surface area contributed by atoms with Gasteiger partial charge in [-0.1, -0.05) is 18.2 Å². The van der Waals surface area contributed by atoms with E-state index in [2.05, 4.69) is 5.32 Å². The van der Waals surface area contributed by atoms with E-state index in [4.69, 9.17) is 15.2 Å². The Kier molecular flexibility index (Phi) is 5.38. The Hall–Kier alpha value is -1.59. The highest BCUT2D eigenvalue weighted by molar-refractivity contribution is 5.77. The van der Waals surface area contributed by atoms with Gasteiger partial charge in [0.15, 0.2) is 6.61 Å². The number of amides is 1. The molecule has 1 aliphatic heterocycles. The minimum atomic E-state index is -0.121. The molecule has 0 bridgehead atoms. The standard InChI is InChI=1S/C15H22N2O3/c1-11(16)13-4-2-3-5-14(13)20-10-15(18)17-12-6-8-19-9-7-12/h2-5,11-12H,6-10,16H2,1H3,(H,17,18)/t11-/m1/s1. The van der Waals surface area contributed by atoms with Crippen LogP contribution in [0, 0.1) is 0 Å². The van der Waals surface area contributed by atoms with Crippen LogP contribution >= 0.6 is 0 Å². The molecule has 1 atom stereocenters. The van der Waals surface area contributed by atoms with Crippen molar-refractivity contribution in [1.29, 1.82) is 0 Å². The van der Waals surface area contributed by atoms with E-state index < -0.39 is 0 Å². The van der Waals surface area contributed by atoms with Gasteiger partial charge in [0.2, 0.25) is 0 Å². The zero-order chi connectivity index (χ0) is 14.4. The Morgan fingerprint density at radius 2 is 2.15 bits per heavy atom. The van der Waals surface area contributed by atoms with Crippen LogP contribution in [0.1, 0.15) is 31.4 Å². The molecule has 1 aliphatic rings. The first kappa shape index (κ1) is 14.8. The van der Waals surface area contributed by atoms with Gasteiger partial charge < -0.3 is 20.5 Å². The van der Waals surface area contributed by atoms with Gasteiger partial charge in [0, 0.05) is 30.9 Å². The zero-order valence-corrected chi connectivity index (χ0v) is 11.8. The summed E-state index contributed by atoms with van der Waals surface area (Å²) in [5, 5.41) is 2.96. The molecule has 20 heavy (non-hydrogen) atoms. The molecule has 1 heterocycles. The summed E-state index contributed by atoms with van der Waals surface area (Å²) in [6, 6.07) is 7.61. The van der Waals surface area contributed by atoms with Crippen LogP contribution in [0.25, 0.3) is 0 Å². The zero-order valence-electron chi connectivity index (χ0n) is 11.8. The second kappa shape index (κ2) is 7.26. The Labute approximate surface area is 119 Å². The van der Waals surface area contributed by atoms with Crippen molar-refractivity contribution >= 4 is 5.91 Å². The quantitative estimate of drug-likeness (QED) is 0.853. The maximum Gasteiger partial charge on any atom is 0.258 e. The van der Waals surface area contributed by atoms with Gasteiger partial charge in [-0.15, -0.1) is 0 Å². The molecule has 1 aromatic rings. The predicted molar refractivity (Wildman–Crippen MR) is 76.5 cm³/mol. The van der Waals surface area contributed by atoms with Crippen LogP contribution in [0.5, 0.6) is 5.75 Å². The number of hydrogen-bond acceptors (Lipinski definition) is 4. The molecule has 110 valence electrons. The summed E-state index contributed by atoms with van der Waals surface area (Å²) in [6.07, 6.45) is 1.73. The van der Waals surface area contributed by atoms with E-state index in [9.17, 15) is 4.79 Å². The second-order valence-corrected chi connectivity index (χ2v) is 5.07. The van der Waals surface area contributed by atoms with Gasteiger partial charge in [-0.25, -0.2) is 0 Å². The van der Waals surface area contributed by atoms with Crippen molar-refractivity contribution < 1.29 is 14.3 Å². The fraction of sp³-hybridized carbons (Fsp3) is 0.533. The first-order chi connectivity index (χ1) is 9.66. The SMILES string of the molecule is C[C@@H](N)c1ccccc1OCC(=O)NC1CCOCC1. The van der Waals surface area contributed by atoms with Crippen LogP contribution in [0.4, 0.5) is 0 Å². The van der Waals surface area contributed by atoms with Gasteiger partial charge in [-0.05, 0) is 25.8 Å². The second-order valence-electron chi connectivity index (χ2n) is 5.07. The normalized spacial score (nSPS) is 17.5. The van der Waals surface area contributed by atoms with E-state index in [0.29, 0.717) is 19.0 Å². The topological polar surface area (TPSA) is 73.6 Å². The van der Waals surface area contributed by atoms with Crippen LogP contribution in [0.3, 0.4) is 0 Å². The van der Waals surface area contributed by atoms with Gasteiger partial charge >= 0.3 is 0 Å². The molecule has 3 N–H and O–H groups in total. The average molecular weight is 278 g/mol.